The predicted molar refractivity (Wildman–Crippen MR) is 27.8 cm³/mol. The maximum absolute atomic E-state index is 8.85. The van der Waals surface area contributed by atoms with Gasteiger partial charge in [0, 0.05) is 0 Å². The Morgan fingerprint density at radius 2 is 0.818 bits per heavy atom. The van der Waals surface area contributed by atoms with Crippen LogP contribution in [-0.2, 0) is 20.6 Å². The van der Waals surface area contributed by atoms with Gasteiger partial charge in [-0.25, -0.2) is 27.1 Å². The Kier molecular flexibility index (Phi) is 11.1. The Labute approximate surface area is 102 Å². The van der Waals surface area contributed by atoms with E-state index in [1.54, 1.807) is 0 Å². The number of rotatable bonds is 0. The quantitative estimate of drug-likeness (QED) is 0.429. The Morgan fingerprint density at radius 1 is 0.818 bits per heavy atom. The first kappa shape index (κ1) is 18.1. The molecule has 4 N–H and O–H groups in total. The first-order valence-corrected chi connectivity index (χ1v) is 4.41. The largest absolute Gasteiger partial charge is 2.00 e. The summed E-state index contributed by atoms with van der Waals surface area (Å²) in [5.74, 6) is 0. The Balaban J connectivity index is -0.000000107. The van der Waals surface area contributed by atoms with Crippen molar-refractivity contribution >= 4 is 20.6 Å². The third kappa shape index (κ3) is 609. The van der Waals surface area contributed by atoms with Crippen LogP contribution in [0.3, 0.4) is 0 Å². The molecule has 76 valence electrons. The monoisotopic (exact) mass is 366 g/mol. The minimum atomic E-state index is -4.42. The molecule has 0 bridgehead atoms. The van der Waals surface area contributed by atoms with Crippen LogP contribution in [0.5, 0.6) is 0 Å². The molecule has 0 aromatic heterocycles. The van der Waals surface area contributed by atoms with Crippen molar-refractivity contribution in [1.82, 2.24) is 0 Å². The van der Waals surface area contributed by atoms with Crippen LogP contribution < -0.4 is 10.3 Å². The van der Waals surface area contributed by atoms with Crippen LogP contribution in [0.15, 0.2) is 0 Å². The van der Waals surface area contributed by atoms with E-state index < -0.39 is 20.6 Å². The molecule has 0 aliphatic rings. The second-order valence-corrected chi connectivity index (χ2v) is 2.96. The second kappa shape index (κ2) is 6.74. The third-order valence-corrected chi connectivity index (χ3v) is 0. The molecule has 11 heteroatoms. The van der Waals surface area contributed by atoms with Crippen molar-refractivity contribution in [3.8, 4) is 0 Å². The standard InChI is InChI=1S/2H3NO3S.Yb/c2*1-5(2,3)4;/h2*(H3,1,2,3,4);/q;;+2/p-2. The Bertz CT molecular complexity index is 215. The number of hydrogen-bond donors (Lipinski definition) is 2. The molecule has 0 saturated heterocycles. The molecule has 0 unspecified atom stereocenters. The van der Waals surface area contributed by atoms with E-state index in [9.17, 15) is 0 Å². The fourth-order valence-electron chi connectivity index (χ4n) is 0. The van der Waals surface area contributed by atoms with Gasteiger partial charge in [0.15, 0.2) is 20.6 Å². The van der Waals surface area contributed by atoms with Crippen molar-refractivity contribution in [3.05, 3.63) is 0 Å². The topological polar surface area (TPSA) is 166 Å². The third-order valence-electron chi connectivity index (χ3n) is 0. The van der Waals surface area contributed by atoms with Crippen molar-refractivity contribution in [3.63, 3.8) is 0 Å². The Morgan fingerprint density at radius 3 is 0.818 bits per heavy atom. The molecule has 0 aliphatic heterocycles. The van der Waals surface area contributed by atoms with Crippen molar-refractivity contribution < 1.29 is 72.9 Å². The van der Waals surface area contributed by atoms with E-state index in [1.165, 1.54) is 0 Å². The molecule has 0 radical (unpaired) electrons. The van der Waals surface area contributed by atoms with Crippen molar-refractivity contribution in [2.75, 3.05) is 0 Å². The summed E-state index contributed by atoms with van der Waals surface area (Å²) < 4.78 is 53.1. The van der Waals surface area contributed by atoms with E-state index >= 15 is 0 Å². The molecule has 0 saturated carbocycles. The average Bonchev–Trinajstić information content (AvgIpc) is 1.12. The molecule has 0 atom stereocenters. The van der Waals surface area contributed by atoms with Crippen LogP contribution in [0.4, 0.5) is 0 Å². The van der Waals surface area contributed by atoms with Crippen molar-refractivity contribution in [2.45, 2.75) is 0 Å². The van der Waals surface area contributed by atoms with Gasteiger partial charge >= 0.3 is 46.9 Å². The van der Waals surface area contributed by atoms with E-state index in [0.29, 0.717) is 0 Å². The minimum absolute atomic E-state index is 0. The fourth-order valence-corrected chi connectivity index (χ4v) is 0. The summed E-state index contributed by atoms with van der Waals surface area (Å²) in [6, 6.07) is 0. The van der Waals surface area contributed by atoms with Gasteiger partial charge in [-0.2, -0.15) is 0 Å². The molecular formula is H4N2O6S2Yb. The van der Waals surface area contributed by atoms with Gasteiger partial charge in [-0.15, -0.1) is 0 Å². The normalized spacial score (nSPS) is 10.5. The van der Waals surface area contributed by atoms with E-state index in [2.05, 4.69) is 10.3 Å². The van der Waals surface area contributed by atoms with Gasteiger partial charge in [0.1, 0.15) is 0 Å². The molecule has 0 aliphatic carbocycles. The van der Waals surface area contributed by atoms with Gasteiger partial charge < -0.3 is 9.11 Å². The molecule has 0 heterocycles. The summed E-state index contributed by atoms with van der Waals surface area (Å²) in [5.41, 5.74) is 0. The predicted octanol–water partition coefficient (Wildman–Crippen LogP) is -3.19. The van der Waals surface area contributed by atoms with E-state index in [4.69, 9.17) is 25.9 Å². The van der Waals surface area contributed by atoms with Gasteiger partial charge in [0.05, 0.1) is 0 Å². The molecular weight excluding hydrogens is 361 g/mol. The molecule has 0 aromatic rings. The van der Waals surface area contributed by atoms with Gasteiger partial charge in [-0.3, -0.25) is 0 Å². The fraction of sp³-hybridized carbons (Fsp3) is 0. The van der Waals surface area contributed by atoms with Crippen molar-refractivity contribution in [2.24, 2.45) is 10.3 Å². The molecule has 0 fully saturated rings. The van der Waals surface area contributed by atoms with Gasteiger partial charge in [-0.05, 0) is 0 Å². The molecule has 0 rings (SSSR count). The van der Waals surface area contributed by atoms with Crippen LogP contribution in [0, 0.1) is 46.9 Å². The summed E-state index contributed by atoms with van der Waals surface area (Å²) in [5, 5.41) is 7.54. The van der Waals surface area contributed by atoms with Gasteiger partial charge in [0.25, 0.3) is 0 Å². The maximum atomic E-state index is 8.85. The van der Waals surface area contributed by atoms with Crippen LogP contribution in [0.1, 0.15) is 0 Å². The minimum Gasteiger partial charge on any atom is -0.736 e. The summed E-state index contributed by atoms with van der Waals surface area (Å²) in [7, 11) is -8.83. The number of nitrogens with two attached hydrogens (primary N) is 2. The van der Waals surface area contributed by atoms with E-state index in [-0.39, 0.29) is 46.9 Å². The van der Waals surface area contributed by atoms with Crippen LogP contribution in [0.25, 0.3) is 0 Å². The molecule has 0 aromatic carbocycles. The van der Waals surface area contributed by atoms with Crippen LogP contribution in [-0.4, -0.2) is 25.9 Å². The number of hydrogen-bond acceptors (Lipinski definition) is 6. The maximum Gasteiger partial charge on any atom is 2.00 e. The zero-order valence-corrected chi connectivity index (χ0v) is 8.04. The second-order valence-electron chi connectivity index (χ2n) is 0.986. The first-order chi connectivity index (χ1) is 4.00. The molecule has 0 amide bonds. The van der Waals surface area contributed by atoms with E-state index in [1.807, 2.05) is 0 Å². The summed E-state index contributed by atoms with van der Waals surface area (Å²) >= 11 is 0. The van der Waals surface area contributed by atoms with Gasteiger partial charge in [0.2, 0.25) is 0 Å². The van der Waals surface area contributed by atoms with Gasteiger partial charge in [-0.1, -0.05) is 0 Å². The molecule has 0 spiro atoms. The van der Waals surface area contributed by atoms with Crippen molar-refractivity contribution in [1.29, 1.82) is 0 Å². The zero-order valence-electron chi connectivity index (χ0n) is 4.69. The average molecular weight is 365 g/mol. The first-order valence-electron chi connectivity index (χ1n) is 1.47. The summed E-state index contributed by atoms with van der Waals surface area (Å²) in [4.78, 5) is 0. The zero-order chi connectivity index (χ0) is 9.00. The summed E-state index contributed by atoms with van der Waals surface area (Å²) in [6.45, 7) is 0. The summed E-state index contributed by atoms with van der Waals surface area (Å²) in [6.07, 6.45) is 0. The van der Waals surface area contributed by atoms with Crippen LogP contribution >= 0.6 is 0 Å². The smallest absolute Gasteiger partial charge is 0.736 e. The SMILES string of the molecule is NS(=O)(=O)[O-].NS(=O)(=O)[O-].[Yb+2]. The van der Waals surface area contributed by atoms with Crippen LogP contribution in [0.2, 0.25) is 0 Å². The molecule has 8 nitrogen and oxygen atoms in total. The molecule has 11 heavy (non-hydrogen) atoms. The van der Waals surface area contributed by atoms with E-state index in [0.717, 1.165) is 0 Å². The Hall–Kier alpha value is 1.26.